The Kier molecular flexibility index (Phi) is 3.98. The van der Waals surface area contributed by atoms with Gasteiger partial charge in [0.2, 0.25) is 0 Å². The molecule has 1 fully saturated rings. The predicted octanol–water partition coefficient (Wildman–Crippen LogP) is 2.33. The van der Waals surface area contributed by atoms with E-state index in [2.05, 4.69) is 11.2 Å². The van der Waals surface area contributed by atoms with E-state index in [1.165, 1.54) is 0 Å². The number of piperidine rings is 1. The summed E-state index contributed by atoms with van der Waals surface area (Å²) in [6, 6.07) is 3.85. The highest BCUT2D eigenvalue weighted by atomic mass is 16.6. The first-order chi connectivity index (χ1) is 9.40. The van der Waals surface area contributed by atoms with Gasteiger partial charge in [-0.15, -0.1) is 0 Å². The largest absolute Gasteiger partial charge is 0.444 e. The van der Waals surface area contributed by atoms with Gasteiger partial charge < -0.3 is 9.64 Å². The molecule has 6 nitrogen and oxygen atoms in total. The number of nitriles is 1. The van der Waals surface area contributed by atoms with E-state index in [0.29, 0.717) is 18.8 Å². The second-order valence-electron chi connectivity index (χ2n) is 6.00. The van der Waals surface area contributed by atoms with Crippen molar-refractivity contribution < 1.29 is 9.53 Å². The molecule has 6 heteroatoms. The summed E-state index contributed by atoms with van der Waals surface area (Å²) >= 11 is 0. The van der Waals surface area contributed by atoms with E-state index >= 15 is 0 Å². The van der Waals surface area contributed by atoms with Crippen molar-refractivity contribution in [1.29, 1.82) is 5.26 Å². The van der Waals surface area contributed by atoms with Crippen molar-refractivity contribution >= 4 is 6.09 Å². The van der Waals surface area contributed by atoms with Crippen LogP contribution in [-0.4, -0.2) is 39.5 Å². The van der Waals surface area contributed by atoms with Gasteiger partial charge >= 0.3 is 6.09 Å². The molecule has 0 bridgehead atoms. The van der Waals surface area contributed by atoms with E-state index in [-0.39, 0.29) is 12.1 Å². The van der Waals surface area contributed by atoms with Gasteiger partial charge in [-0.3, -0.25) is 4.68 Å². The molecule has 1 aliphatic rings. The highest BCUT2D eigenvalue weighted by molar-refractivity contribution is 5.68. The van der Waals surface area contributed by atoms with Crippen LogP contribution in [0.5, 0.6) is 0 Å². The Labute approximate surface area is 118 Å². The minimum Gasteiger partial charge on any atom is -0.444 e. The molecular weight excluding hydrogens is 256 g/mol. The van der Waals surface area contributed by atoms with Gasteiger partial charge in [-0.05, 0) is 39.7 Å². The third kappa shape index (κ3) is 3.29. The minimum atomic E-state index is -0.493. The number of hydrogen-bond donors (Lipinski definition) is 0. The van der Waals surface area contributed by atoms with Crippen LogP contribution in [0.2, 0.25) is 0 Å². The van der Waals surface area contributed by atoms with Crippen molar-refractivity contribution in [2.24, 2.45) is 0 Å². The van der Waals surface area contributed by atoms with E-state index in [4.69, 9.17) is 10.00 Å². The summed E-state index contributed by atoms with van der Waals surface area (Å²) in [5.41, 5.74) is 0.0362. The molecule has 1 atom stereocenters. The number of likely N-dealkylation sites (tertiary alicyclic amines) is 1. The molecule has 1 aromatic heterocycles. The van der Waals surface area contributed by atoms with Crippen LogP contribution in [0.25, 0.3) is 0 Å². The number of nitrogens with zero attached hydrogens (tertiary/aromatic N) is 4. The highest BCUT2D eigenvalue weighted by Crippen LogP contribution is 2.23. The smallest absolute Gasteiger partial charge is 0.410 e. The zero-order valence-electron chi connectivity index (χ0n) is 12.2. The molecule has 20 heavy (non-hydrogen) atoms. The number of amides is 1. The lowest BCUT2D eigenvalue weighted by Gasteiger charge is -2.34. The molecule has 1 unspecified atom stereocenters. The molecule has 1 amide bonds. The lowest BCUT2D eigenvalue weighted by atomic mass is 10.1. The molecule has 1 aliphatic heterocycles. The van der Waals surface area contributed by atoms with Crippen LogP contribution in [0.3, 0.4) is 0 Å². The molecule has 0 aliphatic carbocycles. The monoisotopic (exact) mass is 276 g/mol. The van der Waals surface area contributed by atoms with Crippen LogP contribution in [-0.2, 0) is 4.74 Å². The van der Waals surface area contributed by atoms with E-state index in [1.54, 1.807) is 21.8 Å². The first-order valence-electron chi connectivity index (χ1n) is 6.82. The van der Waals surface area contributed by atoms with Gasteiger partial charge in [-0.25, -0.2) is 4.79 Å². The molecule has 0 N–H and O–H groups in total. The Balaban J connectivity index is 2.06. The topological polar surface area (TPSA) is 71.2 Å². The SMILES string of the molecule is CC(C)(C)OC(=O)N1CCCC(n2nccc2C#N)C1. The van der Waals surface area contributed by atoms with E-state index in [0.717, 1.165) is 12.8 Å². The van der Waals surface area contributed by atoms with Crippen molar-refractivity contribution in [3.8, 4) is 6.07 Å². The van der Waals surface area contributed by atoms with Crippen molar-refractivity contribution in [3.63, 3.8) is 0 Å². The predicted molar refractivity (Wildman–Crippen MR) is 73.0 cm³/mol. The molecule has 1 saturated heterocycles. The van der Waals surface area contributed by atoms with Crippen LogP contribution in [0.1, 0.15) is 45.3 Å². The minimum absolute atomic E-state index is 0.0425. The molecule has 0 radical (unpaired) electrons. The maximum atomic E-state index is 12.1. The lowest BCUT2D eigenvalue weighted by molar-refractivity contribution is 0.0167. The Morgan fingerprint density at radius 2 is 2.30 bits per heavy atom. The number of carbonyl (C=O) groups excluding carboxylic acids is 1. The second kappa shape index (κ2) is 5.53. The van der Waals surface area contributed by atoms with Gasteiger partial charge in [-0.1, -0.05) is 0 Å². The molecule has 0 spiro atoms. The Morgan fingerprint density at radius 1 is 1.55 bits per heavy atom. The van der Waals surface area contributed by atoms with E-state index in [9.17, 15) is 4.79 Å². The van der Waals surface area contributed by atoms with Gasteiger partial charge in [0.15, 0.2) is 0 Å². The van der Waals surface area contributed by atoms with Crippen molar-refractivity contribution in [1.82, 2.24) is 14.7 Å². The molecule has 0 aromatic carbocycles. The van der Waals surface area contributed by atoms with Crippen molar-refractivity contribution in [2.45, 2.75) is 45.3 Å². The number of rotatable bonds is 1. The Morgan fingerprint density at radius 3 is 2.95 bits per heavy atom. The first kappa shape index (κ1) is 14.4. The highest BCUT2D eigenvalue weighted by Gasteiger charge is 2.29. The molecule has 108 valence electrons. The Bertz CT molecular complexity index is 524. The number of ether oxygens (including phenoxy) is 1. The quantitative estimate of drug-likeness (QED) is 0.789. The summed E-state index contributed by atoms with van der Waals surface area (Å²) in [5.74, 6) is 0. The fraction of sp³-hybridized carbons (Fsp3) is 0.643. The number of aromatic nitrogens is 2. The summed E-state index contributed by atoms with van der Waals surface area (Å²) in [6.07, 6.45) is 3.11. The molecule has 2 rings (SSSR count). The number of carbonyl (C=O) groups is 1. The first-order valence-corrected chi connectivity index (χ1v) is 6.82. The molecule has 1 aromatic rings. The molecule has 2 heterocycles. The van der Waals surface area contributed by atoms with Gasteiger partial charge in [-0.2, -0.15) is 10.4 Å². The lowest BCUT2D eigenvalue weighted by Crippen LogP contribution is -2.43. The van der Waals surface area contributed by atoms with Crippen molar-refractivity contribution in [3.05, 3.63) is 18.0 Å². The van der Waals surface area contributed by atoms with E-state index < -0.39 is 5.60 Å². The molecular formula is C14H20N4O2. The third-order valence-corrected chi connectivity index (χ3v) is 3.18. The zero-order chi connectivity index (χ0) is 14.8. The Hall–Kier alpha value is -2.03. The van der Waals surface area contributed by atoms with Crippen molar-refractivity contribution in [2.75, 3.05) is 13.1 Å². The fourth-order valence-electron chi connectivity index (χ4n) is 2.34. The third-order valence-electron chi connectivity index (χ3n) is 3.18. The summed E-state index contributed by atoms with van der Waals surface area (Å²) in [4.78, 5) is 13.8. The molecule has 0 saturated carbocycles. The fourth-order valence-corrected chi connectivity index (χ4v) is 2.34. The summed E-state index contributed by atoms with van der Waals surface area (Å²) in [5, 5.41) is 13.2. The van der Waals surface area contributed by atoms with Crippen LogP contribution in [0, 0.1) is 11.3 Å². The van der Waals surface area contributed by atoms with Crippen LogP contribution >= 0.6 is 0 Å². The van der Waals surface area contributed by atoms with Gasteiger partial charge in [0.1, 0.15) is 17.4 Å². The van der Waals surface area contributed by atoms with Gasteiger partial charge in [0, 0.05) is 13.1 Å². The average molecular weight is 276 g/mol. The summed E-state index contributed by atoms with van der Waals surface area (Å²) < 4.78 is 7.10. The second-order valence-corrected chi connectivity index (χ2v) is 6.00. The summed E-state index contributed by atoms with van der Waals surface area (Å²) in [7, 11) is 0. The van der Waals surface area contributed by atoms with Crippen LogP contribution in [0.4, 0.5) is 4.79 Å². The standard InChI is InChI=1S/C14H20N4O2/c1-14(2,3)20-13(19)17-8-4-5-12(10-17)18-11(9-15)6-7-16-18/h6-7,12H,4-5,8,10H2,1-3H3. The summed E-state index contributed by atoms with van der Waals surface area (Å²) in [6.45, 7) is 6.79. The average Bonchev–Trinajstić information content (AvgIpc) is 2.85. The van der Waals surface area contributed by atoms with Gasteiger partial charge in [0.25, 0.3) is 0 Å². The van der Waals surface area contributed by atoms with E-state index in [1.807, 2.05) is 20.8 Å². The zero-order valence-corrected chi connectivity index (χ0v) is 12.2. The van der Waals surface area contributed by atoms with Crippen LogP contribution < -0.4 is 0 Å². The maximum Gasteiger partial charge on any atom is 0.410 e. The van der Waals surface area contributed by atoms with Crippen LogP contribution in [0.15, 0.2) is 12.3 Å². The normalized spacial score (nSPS) is 19.5. The number of hydrogen-bond acceptors (Lipinski definition) is 4. The maximum absolute atomic E-state index is 12.1. The van der Waals surface area contributed by atoms with Gasteiger partial charge in [0.05, 0.1) is 12.2 Å².